The number of hydrogen-bond acceptors (Lipinski definition) is 3. The van der Waals surface area contributed by atoms with Crippen molar-refractivity contribution in [3.63, 3.8) is 0 Å². The molecule has 5 heteroatoms. The minimum absolute atomic E-state index is 0.121. The van der Waals surface area contributed by atoms with Crippen LogP contribution in [0.2, 0.25) is 0 Å². The monoisotopic (exact) mass is 448 g/mol. The summed E-state index contributed by atoms with van der Waals surface area (Å²) < 4.78 is 23.4. The maximum Gasteiger partial charge on any atom is 0.271 e. The van der Waals surface area contributed by atoms with Gasteiger partial charge in [0.15, 0.2) is 0 Å². The van der Waals surface area contributed by atoms with Crippen LogP contribution in [0, 0.1) is 6.92 Å². The number of halogens is 1. The molecule has 1 saturated heterocycles. The minimum atomic E-state index is -1.88. The van der Waals surface area contributed by atoms with Gasteiger partial charge in [0.2, 0.25) is 0 Å². The first-order valence-electron chi connectivity index (χ1n) is 11.9. The highest BCUT2D eigenvalue weighted by molar-refractivity contribution is 5.86. The Morgan fingerprint density at radius 1 is 1.12 bits per heavy atom. The molecule has 0 N–H and O–H groups in total. The molecule has 0 spiro atoms. The molecule has 1 aliphatic carbocycles. The van der Waals surface area contributed by atoms with Gasteiger partial charge in [0.05, 0.1) is 5.69 Å². The third kappa shape index (κ3) is 4.82. The number of aromatic nitrogens is 1. The molecule has 1 unspecified atom stereocenters. The van der Waals surface area contributed by atoms with Gasteiger partial charge in [-0.15, -0.1) is 0 Å². The van der Waals surface area contributed by atoms with E-state index >= 15 is 4.39 Å². The molecule has 1 fully saturated rings. The van der Waals surface area contributed by atoms with Gasteiger partial charge in [-0.1, -0.05) is 44.2 Å². The number of hydrogen-bond donors (Lipinski definition) is 0. The van der Waals surface area contributed by atoms with Gasteiger partial charge in [-0.05, 0) is 68.0 Å². The van der Waals surface area contributed by atoms with E-state index in [1.165, 1.54) is 31.0 Å². The third-order valence-corrected chi connectivity index (χ3v) is 6.39. The van der Waals surface area contributed by atoms with Crippen LogP contribution in [0.1, 0.15) is 68.0 Å². The Kier molecular flexibility index (Phi) is 6.87. The zero-order valence-electron chi connectivity index (χ0n) is 19.8. The molecule has 174 valence electrons. The molecular formula is C28H33FN2O2. The number of alkyl halides is 1. The average molecular weight is 449 g/mol. The third-order valence-electron chi connectivity index (χ3n) is 6.39. The molecular weight excluding hydrogens is 415 g/mol. The number of carbonyl (C=O) groups excluding carboxylic acids is 1. The van der Waals surface area contributed by atoms with Gasteiger partial charge in [-0.25, -0.2) is 0 Å². The van der Waals surface area contributed by atoms with Crippen LogP contribution >= 0.6 is 0 Å². The zero-order chi connectivity index (χ0) is 23.4. The van der Waals surface area contributed by atoms with Crippen molar-refractivity contribution in [3.8, 4) is 5.75 Å². The standard InChI is InChI=1S/C28H33FN2O2/c1-21(2)27-25(13-10-20-32)26(22(3)31(27)30-18-8-5-9-19-30)23-14-16-28(29,17-15-23)33-24-11-6-4-7-12-24/h4,6-7,10-16,20-21H,5,8-9,17-19H2,1-3H3/b13-10+. The lowest BCUT2D eigenvalue weighted by Crippen LogP contribution is -2.41. The summed E-state index contributed by atoms with van der Waals surface area (Å²) >= 11 is 0. The highest BCUT2D eigenvalue weighted by Crippen LogP contribution is 2.39. The van der Waals surface area contributed by atoms with Crippen molar-refractivity contribution in [2.75, 3.05) is 18.1 Å². The second-order valence-electron chi connectivity index (χ2n) is 9.13. The van der Waals surface area contributed by atoms with Gasteiger partial charge < -0.3 is 9.75 Å². The van der Waals surface area contributed by atoms with Gasteiger partial charge in [0.25, 0.3) is 5.85 Å². The summed E-state index contributed by atoms with van der Waals surface area (Å²) in [7, 11) is 0. The summed E-state index contributed by atoms with van der Waals surface area (Å²) in [6.07, 6.45) is 13.2. The predicted octanol–water partition coefficient (Wildman–Crippen LogP) is 6.34. The minimum Gasteiger partial charge on any atom is -0.454 e. The second kappa shape index (κ2) is 9.82. The molecule has 1 aliphatic heterocycles. The van der Waals surface area contributed by atoms with Gasteiger partial charge in [-0.2, -0.15) is 4.39 Å². The van der Waals surface area contributed by atoms with Crippen molar-refractivity contribution in [1.29, 1.82) is 0 Å². The molecule has 4 nitrogen and oxygen atoms in total. The summed E-state index contributed by atoms with van der Waals surface area (Å²) in [5.41, 5.74) is 5.36. The van der Waals surface area contributed by atoms with E-state index < -0.39 is 5.85 Å². The largest absolute Gasteiger partial charge is 0.454 e. The van der Waals surface area contributed by atoms with E-state index in [0.29, 0.717) is 5.75 Å². The van der Waals surface area contributed by atoms with E-state index in [0.717, 1.165) is 41.8 Å². The van der Waals surface area contributed by atoms with E-state index in [1.807, 2.05) is 36.4 Å². The first-order chi connectivity index (χ1) is 15.9. The van der Waals surface area contributed by atoms with Gasteiger partial charge in [0, 0.05) is 36.3 Å². The zero-order valence-corrected chi connectivity index (χ0v) is 19.8. The molecule has 0 saturated carbocycles. The number of rotatable bonds is 7. The molecule has 4 rings (SSSR count). The van der Waals surface area contributed by atoms with E-state index in [-0.39, 0.29) is 12.3 Å². The Morgan fingerprint density at radius 3 is 2.45 bits per heavy atom. The number of carbonyl (C=O) groups is 1. The lowest BCUT2D eigenvalue weighted by Gasteiger charge is -2.33. The lowest BCUT2D eigenvalue weighted by atomic mass is 9.92. The van der Waals surface area contributed by atoms with Crippen molar-refractivity contribution in [2.24, 2.45) is 0 Å². The Balaban J connectivity index is 1.74. The van der Waals surface area contributed by atoms with E-state index in [9.17, 15) is 4.79 Å². The average Bonchev–Trinajstić information content (AvgIpc) is 3.11. The molecule has 1 atom stereocenters. The number of aldehydes is 1. The van der Waals surface area contributed by atoms with E-state index in [4.69, 9.17) is 4.74 Å². The van der Waals surface area contributed by atoms with Crippen LogP contribution in [0.15, 0.2) is 54.6 Å². The van der Waals surface area contributed by atoms with E-state index in [2.05, 4.69) is 30.5 Å². The lowest BCUT2D eigenvalue weighted by molar-refractivity contribution is -0.104. The number of benzene rings is 1. The fourth-order valence-electron chi connectivity index (χ4n) is 4.93. The van der Waals surface area contributed by atoms with Crippen molar-refractivity contribution in [3.05, 3.63) is 77.2 Å². The quantitative estimate of drug-likeness (QED) is 0.366. The molecule has 0 amide bonds. The van der Waals surface area contributed by atoms with Crippen LogP contribution < -0.4 is 9.75 Å². The molecule has 2 heterocycles. The maximum atomic E-state index is 15.4. The number of piperidine rings is 1. The fourth-order valence-corrected chi connectivity index (χ4v) is 4.93. The van der Waals surface area contributed by atoms with Crippen molar-refractivity contribution in [1.82, 2.24) is 4.68 Å². The van der Waals surface area contributed by atoms with E-state index in [1.54, 1.807) is 18.2 Å². The number of allylic oxidation sites excluding steroid dienone is 3. The van der Waals surface area contributed by atoms with Crippen molar-refractivity contribution >= 4 is 17.9 Å². The van der Waals surface area contributed by atoms with Crippen molar-refractivity contribution in [2.45, 2.75) is 58.2 Å². The first-order valence-corrected chi connectivity index (χ1v) is 11.9. The molecule has 0 bridgehead atoms. The van der Waals surface area contributed by atoms with Crippen LogP contribution in [0.25, 0.3) is 11.6 Å². The Bertz CT molecular complexity index is 1080. The van der Waals surface area contributed by atoms with Crippen molar-refractivity contribution < 1.29 is 13.9 Å². The van der Waals surface area contributed by atoms with Crippen LogP contribution in [-0.4, -0.2) is 29.9 Å². The summed E-state index contributed by atoms with van der Waals surface area (Å²) in [5, 5.41) is 2.42. The highest BCUT2D eigenvalue weighted by atomic mass is 19.2. The number of para-hydroxylation sites is 1. The Morgan fingerprint density at radius 2 is 1.85 bits per heavy atom. The van der Waals surface area contributed by atoms with Crippen LogP contribution in [0.5, 0.6) is 5.75 Å². The summed E-state index contributed by atoms with van der Waals surface area (Å²) in [6.45, 7) is 8.52. The number of ether oxygens (including phenoxy) is 1. The summed E-state index contributed by atoms with van der Waals surface area (Å²) in [6, 6.07) is 9.06. The molecule has 1 aromatic heterocycles. The first kappa shape index (κ1) is 23.1. The molecule has 33 heavy (non-hydrogen) atoms. The topological polar surface area (TPSA) is 34.5 Å². The fraction of sp³-hybridized carbons (Fsp3) is 0.393. The van der Waals surface area contributed by atoms with Crippen LogP contribution in [0.3, 0.4) is 0 Å². The summed E-state index contributed by atoms with van der Waals surface area (Å²) in [5.74, 6) is -1.11. The van der Waals surface area contributed by atoms with Crippen LogP contribution in [0.4, 0.5) is 4.39 Å². The van der Waals surface area contributed by atoms with Crippen LogP contribution in [-0.2, 0) is 4.79 Å². The number of nitrogens with zero attached hydrogens (tertiary/aromatic N) is 2. The summed E-state index contributed by atoms with van der Waals surface area (Å²) in [4.78, 5) is 11.2. The second-order valence-corrected chi connectivity index (χ2v) is 9.13. The Hall–Kier alpha value is -3.08. The SMILES string of the molecule is Cc1c(C2=CCC(F)(Oc3ccccc3)C=C2)c(/C=C/C=O)c(C(C)C)n1N1CCCCC1. The predicted molar refractivity (Wildman–Crippen MR) is 133 cm³/mol. The molecule has 2 aromatic rings. The molecule has 2 aliphatic rings. The maximum absolute atomic E-state index is 15.4. The molecule has 1 aromatic carbocycles. The van der Waals surface area contributed by atoms with Gasteiger partial charge in [0.1, 0.15) is 12.0 Å². The highest BCUT2D eigenvalue weighted by Gasteiger charge is 2.32. The molecule has 0 radical (unpaired) electrons. The van der Waals surface area contributed by atoms with Gasteiger partial charge >= 0.3 is 0 Å². The normalized spacial score (nSPS) is 21.0. The Labute approximate surface area is 196 Å². The smallest absolute Gasteiger partial charge is 0.271 e. The van der Waals surface area contributed by atoms with Gasteiger partial charge in [-0.3, -0.25) is 9.47 Å².